The molecule has 1 fully saturated rings. The van der Waals surface area contributed by atoms with Crippen molar-refractivity contribution in [2.45, 2.75) is 15.5 Å². The molecular weight excluding hydrogens is 468 g/mol. The van der Waals surface area contributed by atoms with Crippen molar-refractivity contribution in [1.29, 1.82) is 0 Å². The van der Waals surface area contributed by atoms with E-state index in [0.717, 1.165) is 10.8 Å². The number of benzene rings is 3. The lowest BCUT2D eigenvalue weighted by atomic mass is 10.1. The molecule has 0 spiro atoms. The molecule has 6 nitrogen and oxygen atoms in total. The number of rotatable bonds is 7. The van der Waals surface area contributed by atoms with Crippen molar-refractivity contribution in [2.75, 3.05) is 38.0 Å². The molecule has 1 saturated heterocycles. The van der Waals surface area contributed by atoms with Gasteiger partial charge in [-0.2, -0.15) is 13.1 Å². The number of halogens is 2. The number of hydrogen-bond acceptors (Lipinski definition) is 5. The number of hydrogen-bond donors (Lipinski definition) is 1. The van der Waals surface area contributed by atoms with Crippen LogP contribution in [-0.2, 0) is 14.8 Å². The Labute approximate surface area is 195 Å². The average molecular weight is 492 g/mol. The number of nitrogens with zero attached hydrogens (tertiary/aromatic N) is 2. The van der Waals surface area contributed by atoms with Crippen molar-refractivity contribution in [1.82, 2.24) is 9.21 Å². The highest BCUT2D eigenvalue weighted by atomic mass is 32.2. The Morgan fingerprint density at radius 2 is 1.61 bits per heavy atom. The van der Waals surface area contributed by atoms with Crippen molar-refractivity contribution >= 4 is 44.2 Å². The third kappa shape index (κ3) is 5.89. The van der Waals surface area contributed by atoms with Crippen LogP contribution in [-0.4, -0.2) is 62.0 Å². The van der Waals surface area contributed by atoms with Gasteiger partial charge in [0.1, 0.15) is 0 Å². The number of amides is 1. The molecule has 33 heavy (non-hydrogen) atoms. The number of nitrogens with one attached hydrogen (secondary N) is 1. The number of piperazine rings is 1. The van der Waals surface area contributed by atoms with Gasteiger partial charge in [0.15, 0.2) is 0 Å². The number of alkyl halides is 2. The molecule has 0 aromatic heterocycles. The SMILES string of the molecule is O=C(CN1CCN(S(=O)(=O)c2ccc3ccccc3c2)CC1)Nc1ccc(SC(F)F)cc1. The quantitative estimate of drug-likeness (QED) is 0.504. The van der Waals surface area contributed by atoms with Crippen LogP contribution in [0.1, 0.15) is 0 Å². The first-order valence-corrected chi connectivity index (χ1v) is 12.7. The largest absolute Gasteiger partial charge is 0.325 e. The van der Waals surface area contributed by atoms with E-state index < -0.39 is 15.8 Å². The summed E-state index contributed by atoms with van der Waals surface area (Å²) in [5.41, 5.74) is 0.524. The molecule has 0 saturated carbocycles. The van der Waals surface area contributed by atoms with Crippen LogP contribution in [0.4, 0.5) is 14.5 Å². The first-order valence-electron chi connectivity index (χ1n) is 10.4. The van der Waals surface area contributed by atoms with E-state index >= 15 is 0 Å². The summed E-state index contributed by atoms with van der Waals surface area (Å²) in [7, 11) is -3.62. The minimum absolute atomic E-state index is 0.122. The topological polar surface area (TPSA) is 69.7 Å². The lowest BCUT2D eigenvalue weighted by Gasteiger charge is -2.33. The van der Waals surface area contributed by atoms with E-state index in [-0.39, 0.29) is 17.3 Å². The zero-order valence-corrected chi connectivity index (χ0v) is 19.3. The summed E-state index contributed by atoms with van der Waals surface area (Å²) in [6.07, 6.45) is 0. The van der Waals surface area contributed by atoms with Gasteiger partial charge < -0.3 is 5.32 Å². The first-order chi connectivity index (χ1) is 15.8. The molecule has 4 rings (SSSR count). The predicted octanol–water partition coefficient (Wildman–Crippen LogP) is 4.10. The van der Waals surface area contributed by atoms with Gasteiger partial charge in [0.2, 0.25) is 15.9 Å². The lowest BCUT2D eigenvalue weighted by molar-refractivity contribution is -0.117. The number of anilines is 1. The van der Waals surface area contributed by atoms with Crippen molar-refractivity contribution in [3.05, 3.63) is 66.7 Å². The fourth-order valence-electron chi connectivity index (χ4n) is 3.73. The van der Waals surface area contributed by atoms with Crippen LogP contribution >= 0.6 is 11.8 Å². The van der Waals surface area contributed by atoms with Gasteiger partial charge in [0.25, 0.3) is 5.76 Å². The summed E-state index contributed by atoms with van der Waals surface area (Å²) in [5, 5.41) is 4.60. The van der Waals surface area contributed by atoms with E-state index in [0.29, 0.717) is 48.5 Å². The molecule has 1 aliphatic heterocycles. The molecule has 0 unspecified atom stereocenters. The Bertz CT molecular complexity index is 1230. The van der Waals surface area contributed by atoms with Crippen molar-refractivity contribution < 1.29 is 22.0 Å². The van der Waals surface area contributed by atoms with Gasteiger partial charge in [-0.1, -0.05) is 42.1 Å². The summed E-state index contributed by atoms with van der Waals surface area (Å²) in [5.74, 6) is -2.73. The van der Waals surface area contributed by atoms with E-state index in [1.807, 2.05) is 35.2 Å². The van der Waals surface area contributed by atoms with E-state index in [4.69, 9.17) is 0 Å². The zero-order valence-electron chi connectivity index (χ0n) is 17.7. The fourth-order valence-corrected chi connectivity index (χ4v) is 5.69. The van der Waals surface area contributed by atoms with Crippen LogP contribution in [0.25, 0.3) is 10.8 Å². The highest BCUT2D eigenvalue weighted by Crippen LogP contribution is 2.26. The van der Waals surface area contributed by atoms with E-state index in [1.54, 1.807) is 24.3 Å². The van der Waals surface area contributed by atoms with Gasteiger partial charge in [-0.3, -0.25) is 9.69 Å². The fraction of sp³-hybridized carbons (Fsp3) is 0.261. The Hall–Kier alpha value is -2.53. The summed E-state index contributed by atoms with van der Waals surface area (Å²) >= 11 is 0.447. The maximum atomic E-state index is 13.1. The Morgan fingerprint density at radius 3 is 2.27 bits per heavy atom. The minimum atomic E-state index is -3.62. The van der Waals surface area contributed by atoms with Gasteiger partial charge in [-0.15, -0.1) is 0 Å². The summed E-state index contributed by atoms with van der Waals surface area (Å²) in [4.78, 5) is 14.9. The Kier molecular flexibility index (Phi) is 7.28. The van der Waals surface area contributed by atoms with Gasteiger partial charge >= 0.3 is 0 Å². The molecule has 0 aliphatic carbocycles. The standard InChI is InChI=1S/C23H23F2N3O3S2/c24-23(25)32-20-8-6-19(7-9-20)26-22(29)16-27-11-13-28(14-12-27)33(30,31)21-10-5-17-3-1-2-4-18(17)15-21/h1-10,15,23H,11-14,16H2,(H,26,29). The van der Waals surface area contributed by atoms with E-state index in [1.165, 1.54) is 16.4 Å². The second-order valence-electron chi connectivity index (χ2n) is 7.64. The van der Waals surface area contributed by atoms with Gasteiger partial charge in [-0.05, 0) is 47.2 Å². The maximum absolute atomic E-state index is 13.1. The summed E-state index contributed by atoms with van der Waals surface area (Å²) in [6.45, 7) is 1.58. The smallest absolute Gasteiger partial charge is 0.288 e. The first kappa shape index (κ1) is 23.6. The number of carbonyl (C=O) groups excluding carboxylic acids is 1. The Morgan fingerprint density at radius 1 is 0.939 bits per heavy atom. The molecular formula is C23H23F2N3O3S2. The van der Waals surface area contributed by atoms with Gasteiger partial charge in [0, 0.05) is 36.8 Å². The minimum Gasteiger partial charge on any atom is -0.325 e. The Balaban J connectivity index is 1.31. The van der Waals surface area contributed by atoms with E-state index in [2.05, 4.69) is 5.32 Å². The number of thioether (sulfide) groups is 1. The normalized spacial score (nSPS) is 15.7. The molecule has 0 atom stereocenters. The second kappa shape index (κ2) is 10.2. The predicted molar refractivity (Wildman–Crippen MR) is 126 cm³/mol. The lowest BCUT2D eigenvalue weighted by Crippen LogP contribution is -2.50. The number of carbonyl (C=O) groups is 1. The average Bonchev–Trinajstić information content (AvgIpc) is 2.80. The third-order valence-electron chi connectivity index (χ3n) is 5.42. The molecule has 1 heterocycles. The molecule has 0 radical (unpaired) electrons. The molecule has 10 heteroatoms. The van der Waals surface area contributed by atoms with Crippen LogP contribution in [0.2, 0.25) is 0 Å². The molecule has 1 amide bonds. The van der Waals surface area contributed by atoms with Crippen LogP contribution in [0, 0.1) is 0 Å². The highest BCUT2D eigenvalue weighted by molar-refractivity contribution is 7.99. The number of fused-ring (bicyclic) bond motifs is 1. The monoisotopic (exact) mass is 491 g/mol. The maximum Gasteiger partial charge on any atom is 0.288 e. The van der Waals surface area contributed by atoms with Crippen LogP contribution in [0.15, 0.2) is 76.5 Å². The number of sulfonamides is 1. The van der Waals surface area contributed by atoms with Crippen LogP contribution in [0.3, 0.4) is 0 Å². The van der Waals surface area contributed by atoms with Crippen molar-refractivity contribution in [3.8, 4) is 0 Å². The molecule has 3 aromatic carbocycles. The summed E-state index contributed by atoms with van der Waals surface area (Å²) < 4.78 is 52.4. The van der Waals surface area contributed by atoms with Gasteiger partial charge in [-0.25, -0.2) is 8.42 Å². The molecule has 3 aromatic rings. The van der Waals surface area contributed by atoms with Crippen molar-refractivity contribution in [3.63, 3.8) is 0 Å². The molecule has 0 bridgehead atoms. The molecule has 174 valence electrons. The third-order valence-corrected chi connectivity index (χ3v) is 8.04. The molecule has 1 aliphatic rings. The summed E-state index contributed by atoms with van der Waals surface area (Å²) in [6, 6.07) is 19.0. The second-order valence-corrected chi connectivity index (χ2v) is 10.6. The molecule has 1 N–H and O–H groups in total. The van der Waals surface area contributed by atoms with Crippen LogP contribution in [0.5, 0.6) is 0 Å². The zero-order chi connectivity index (χ0) is 23.4. The highest BCUT2D eigenvalue weighted by Gasteiger charge is 2.29. The van der Waals surface area contributed by atoms with Gasteiger partial charge in [0.05, 0.1) is 11.4 Å². The van der Waals surface area contributed by atoms with Crippen molar-refractivity contribution in [2.24, 2.45) is 0 Å². The van der Waals surface area contributed by atoms with Crippen LogP contribution < -0.4 is 5.32 Å². The van der Waals surface area contributed by atoms with E-state index in [9.17, 15) is 22.0 Å².